The van der Waals surface area contributed by atoms with Gasteiger partial charge in [-0.15, -0.1) is 0 Å². The molecule has 2 atom stereocenters. The quantitative estimate of drug-likeness (QED) is 0.796. The molecule has 2 nitrogen and oxygen atoms in total. The number of hydrogen-bond donors (Lipinski definition) is 0. The van der Waals surface area contributed by atoms with Gasteiger partial charge in [-0.25, -0.2) is 0 Å². The Labute approximate surface area is 103 Å². The van der Waals surface area contributed by atoms with Crippen molar-refractivity contribution < 1.29 is 9.53 Å². The summed E-state index contributed by atoms with van der Waals surface area (Å²) in [6.45, 7) is 4.90. The average molecular weight is 232 g/mol. The number of benzene rings is 1. The predicted octanol–water partition coefficient (Wildman–Crippen LogP) is 3.31. The van der Waals surface area contributed by atoms with Gasteiger partial charge in [0.1, 0.15) is 6.10 Å². The van der Waals surface area contributed by atoms with Gasteiger partial charge in [-0.1, -0.05) is 44.5 Å². The standard InChI is InChI=1S/C15H20O2/c1-3-11(2)10-14(16)15-13-7-5-4-6-12(13)8-9-17-15/h4-7,11,15H,3,8-10H2,1-2H3. The largest absolute Gasteiger partial charge is 0.365 e. The molecular weight excluding hydrogens is 212 g/mol. The van der Waals surface area contributed by atoms with Crippen LogP contribution in [0.15, 0.2) is 24.3 Å². The molecule has 0 aromatic heterocycles. The van der Waals surface area contributed by atoms with E-state index < -0.39 is 0 Å². The van der Waals surface area contributed by atoms with Crippen molar-refractivity contribution in [2.24, 2.45) is 5.92 Å². The second-order valence-electron chi connectivity index (χ2n) is 4.88. The van der Waals surface area contributed by atoms with Crippen LogP contribution in [0.4, 0.5) is 0 Å². The molecule has 0 N–H and O–H groups in total. The lowest BCUT2D eigenvalue weighted by atomic mass is 9.91. The topological polar surface area (TPSA) is 26.3 Å². The fourth-order valence-corrected chi connectivity index (χ4v) is 2.26. The van der Waals surface area contributed by atoms with E-state index in [2.05, 4.69) is 19.9 Å². The van der Waals surface area contributed by atoms with Crippen LogP contribution in [0.2, 0.25) is 0 Å². The van der Waals surface area contributed by atoms with Crippen LogP contribution in [0.1, 0.15) is 43.9 Å². The zero-order valence-electron chi connectivity index (χ0n) is 10.6. The Morgan fingerprint density at radius 2 is 2.24 bits per heavy atom. The summed E-state index contributed by atoms with van der Waals surface area (Å²) in [7, 11) is 0. The summed E-state index contributed by atoms with van der Waals surface area (Å²) in [6, 6.07) is 8.13. The number of carbonyl (C=O) groups excluding carboxylic acids is 1. The lowest BCUT2D eigenvalue weighted by Gasteiger charge is -2.25. The molecule has 0 amide bonds. The molecule has 1 aromatic carbocycles. The first-order chi connectivity index (χ1) is 8.22. The normalized spacial score (nSPS) is 20.7. The maximum atomic E-state index is 12.2. The second-order valence-corrected chi connectivity index (χ2v) is 4.88. The van der Waals surface area contributed by atoms with Gasteiger partial charge >= 0.3 is 0 Å². The molecule has 1 heterocycles. The zero-order chi connectivity index (χ0) is 12.3. The number of rotatable bonds is 4. The van der Waals surface area contributed by atoms with Gasteiger partial charge in [0, 0.05) is 6.42 Å². The maximum Gasteiger partial charge on any atom is 0.166 e. The number of ether oxygens (including phenoxy) is 1. The Hall–Kier alpha value is -1.15. The van der Waals surface area contributed by atoms with Crippen LogP contribution in [0.25, 0.3) is 0 Å². The van der Waals surface area contributed by atoms with Crippen molar-refractivity contribution >= 4 is 5.78 Å². The van der Waals surface area contributed by atoms with Crippen LogP contribution in [-0.4, -0.2) is 12.4 Å². The van der Waals surface area contributed by atoms with Crippen molar-refractivity contribution in [3.05, 3.63) is 35.4 Å². The highest BCUT2D eigenvalue weighted by molar-refractivity contribution is 5.85. The molecule has 17 heavy (non-hydrogen) atoms. The van der Waals surface area contributed by atoms with E-state index in [1.165, 1.54) is 5.56 Å². The smallest absolute Gasteiger partial charge is 0.166 e. The van der Waals surface area contributed by atoms with Gasteiger partial charge in [-0.2, -0.15) is 0 Å². The molecule has 0 saturated heterocycles. The van der Waals surface area contributed by atoms with Gasteiger partial charge < -0.3 is 4.74 Å². The SMILES string of the molecule is CCC(C)CC(=O)C1OCCc2ccccc21. The van der Waals surface area contributed by atoms with Crippen molar-refractivity contribution in [2.75, 3.05) is 6.61 Å². The van der Waals surface area contributed by atoms with Gasteiger partial charge in [0.2, 0.25) is 0 Å². The highest BCUT2D eigenvalue weighted by Crippen LogP contribution is 2.29. The molecule has 0 aliphatic carbocycles. The molecule has 1 aromatic rings. The van der Waals surface area contributed by atoms with Gasteiger partial charge in [0.05, 0.1) is 6.61 Å². The lowest BCUT2D eigenvalue weighted by molar-refractivity contribution is -0.132. The van der Waals surface area contributed by atoms with Gasteiger partial charge in [-0.05, 0) is 23.5 Å². The van der Waals surface area contributed by atoms with Crippen LogP contribution in [0.3, 0.4) is 0 Å². The van der Waals surface area contributed by atoms with Crippen molar-refractivity contribution in [1.82, 2.24) is 0 Å². The summed E-state index contributed by atoms with van der Waals surface area (Å²) < 4.78 is 5.66. The molecule has 0 saturated carbocycles. The molecule has 1 aliphatic heterocycles. The van der Waals surface area contributed by atoms with E-state index in [0.29, 0.717) is 18.9 Å². The molecule has 0 radical (unpaired) electrons. The third-order valence-corrected chi connectivity index (χ3v) is 3.53. The average Bonchev–Trinajstić information content (AvgIpc) is 2.37. The molecule has 1 aliphatic rings. The van der Waals surface area contributed by atoms with Crippen LogP contribution in [0, 0.1) is 5.92 Å². The summed E-state index contributed by atoms with van der Waals surface area (Å²) in [6.07, 6.45) is 2.26. The van der Waals surface area contributed by atoms with E-state index in [1.807, 2.05) is 18.2 Å². The first-order valence-electron chi connectivity index (χ1n) is 6.44. The molecule has 92 valence electrons. The van der Waals surface area contributed by atoms with E-state index in [4.69, 9.17) is 4.74 Å². The predicted molar refractivity (Wildman–Crippen MR) is 67.9 cm³/mol. The number of fused-ring (bicyclic) bond motifs is 1. The maximum absolute atomic E-state index is 12.2. The molecule has 2 rings (SSSR count). The Morgan fingerprint density at radius 3 is 3.00 bits per heavy atom. The first-order valence-corrected chi connectivity index (χ1v) is 6.44. The zero-order valence-corrected chi connectivity index (χ0v) is 10.6. The molecule has 0 fully saturated rings. The minimum atomic E-state index is -0.325. The minimum Gasteiger partial charge on any atom is -0.365 e. The Morgan fingerprint density at radius 1 is 1.47 bits per heavy atom. The van der Waals surface area contributed by atoms with Gasteiger partial charge in [-0.3, -0.25) is 4.79 Å². The highest BCUT2D eigenvalue weighted by atomic mass is 16.5. The third-order valence-electron chi connectivity index (χ3n) is 3.53. The van der Waals surface area contributed by atoms with E-state index in [1.54, 1.807) is 0 Å². The van der Waals surface area contributed by atoms with E-state index in [0.717, 1.165) is 18.4 Å². The van der Waals surface area contributed by atoms with E-state index in [-0.39, 0.29) is 11.9 Å². The fraction of sp³-hybridized carbons (Fsp3) is 0.533. The van der Waals surface area contributed by atoms with Crippen LogP contribution < -0.4 is 0 Å². The Kier molecular flexibility index (Phi) is 3.95. The van der Waals surface area contributed by atoms with Crippen molar-refractivity contribution in [1.29, 1.82) is 0 Å². The summed E-state index contributed by atoms with van der Waals surface area (Å²) in [4.78, 5) is 12.2. The van der Waals surface area contributed by atoms with Crippen LogP contribution in [-0.2, 0) is 16.0 Å². The number of Topliss-reactive ketones (excluding diaryl/α,β-unsaturated/α-hetero) is 1. The van der Waals surface area contributed by atoms with Crippen LogP contribution >= 0.6 is 0 Å². The minimum absolute atomic E-state index is 0.228. The molecule has 2 heteroatoms. The third kappa shape index (κ3) is 2.75. The van der Waals surface area contributed by atoms with Gasteiger partial charge in [0.25, 0.3) is 0 Å². The van der Waals surface area contributed by atoms with Crippen LogP contribution in [0.5, 0.6) is 0 Å². The van der Waals surface area contributed by atoms with Gasteiger partial charge in [0.15, 0.2) is 5.78 Å². The molecule has 0 bridgehead atoms. The first kappa shape index (κ1) is 12.3. The molecular formula is C15H20O2. The van der Waals surface area contributed by atoms with E-state index >= 15 is 0 Å². The molecule has 2 unspecified atom stereocenters. The Bertz CT molecular complexity index is 398. The summed E-state index contributed by atoms with van der Waals surface area (Å²) in [5, 5.41) is 0. The van der Waals surface area contributed by atoms with Crippen molar-refractivity contribution in [3.8, 4) is 0 Å². The molecule has 0 spiro atoms. The fourth-order valence-electron chi connectivity index (χ4n) is 2.26. The second kappa shape index (κ2) is 5.46. The van der Waals surface area contributed by atoms with Crippen molar-refractivity contribution in [2.45, 2.75) is 39.2 Å². The van der Waals surface area contributed by atoms with Crippen molar-refractivity contribution in [3.63, 3.8) is 0 Å². The monoisotopic (exact) mass is 232 g/mol. The summed E-state index contributed by atoms with van der Waals surface area (Å²) >= 11 is 0. The number of ketones is 1. The summed E-state index contributed by atoms with van der Waals surface area (Å²) in [5.41, 5.74) is 2.34. The number of carbonyl (C=O) groups is 1. The summed E-state index contributed by atoms with van der Waals surface area (Å²) in [5.74, 6) is 0.673. The number of hydrogen-bond acceptors (Lipinski definition) is 2. The van der Waals surface area contributed by atoms with E-state index in [9.17, 15) is 4.79 Å². The highest BCUT2D eigenvalue weighted by Gasteiger charge is 2.27. The Balaban J connectivity index is 2.15. The lowest BCUT2D eigenvalue weighted by Crippen LogP contribution is -2.24.